The minimum Gasteiger partial charge on any atom is -0.330 e. The Morgan fingerprint density at radius 3 is 2.29 bits per heavy atom. The number of pyridine rings is 1. The van der Waals surface area contributed by atoms with Crippen molar-refractivity contribution >= 4 is 11.9 Å². The molecule has 128 valence electrons. The monoisotopic (exact) mass is 326 g/mol. The summed E-state index contributed by atoms with van der Waals surface area (Å²) in [6.45, 7) is 3.22. The molecule has 5 nitrogen and oxygen atoms in total. The Balaban J connectivity index is 2.00. The highest BCUT2D eigenvalue weighted by Crippen LogP contribution is 2.13. The van der Waals surface area contributed by atoms with Gasteiger partial charge in [-0.25, -0.2) is 4.57 Å². The van der Waals surface area contributed by atoms with E-state index in [9.17, 15) is 0 Å². The number of nitrogens with two attached hydrogens (primary N) is 2. The first kappa shape index (κ1) is 18.1. The van der Waals surface area contributed by atoms with Crippen LogP contribution in [-0.4, -0.2) is 25.8 Å². The molecule has 0 unspecified atom stereocenters. The Morgan fingerprint density at radius 2 is 1.62 bits per heavy atom. The van der Waals surface area contributed by atoms with E-state index in [1.165, 1.54) is 0 Å². The Morgan fingerprint density at radius 1 is 0.917 bits per heavy atom. The first-order valence-electron chi connectivity index (χ1n) is 8.59. The number of rotatable bonds is 10. The summed E-state index contributed by atoms with van der Waals surface area (Å²) in [5, 5.41) is 6.63. The fraction of sp³-hybridized carbons (Fsp3) is 0.368. The van der Waals surface area contributed by atoms with Gasteiger partial charge >= 0.3 is 0 Å². The average molecular weight is 326 g/mol. The molecule has 1 heterocycles. The fourth-order valence-corrected chi connectivity index (χ4v) is 2.37. The summed E-state index contributed by atoms with van der Waals surface area (Å²) in [5.41, 5.74) is 13.3. The lowest BCUT2D eigenvalue weighted by molar-refractivity contribution is -0.697. The maximum absolute atomic E-state index is 5.64. The van der Waals surface area contributed by atoms with Gasteiger partial charge in [-0.15, -0.1) is 0 Å². The molecule has 0 aliphatic heterocycles. The minimum absolute atomic E-state index is 0.660. The predicted molar refractivity (Wildman–Crippen MR) is 100.0 cm³/mol. The van der Waals surface area contributed by atoms with E-state index in [-0.39, 0.29) is 0 Å². The van der Waals surface area contributed by atoms with Crippen LogP contribution in [0.4, 0.5) is 5.69 Å². The summed E-state index contributed by atoms with van der Waals surface area (Å²) >= 11 is 0. The van der Waals surface area contributed by atoms with Crippen LogP contribution in [-0.2, 0) is 6.54 Å². The van der Waals surface area contributed by atoms with Gasteiger partial charge in [-0.1, -0.05) is 18.2 Å². The molecule has 2 rings (SSSR count). The maximum atomic E-state index is 5.64. The molecule has 4 N–H and O–H groups in total. The van der Waals surface area contributed by atoms with Crippen LogP contribution in [0.2, 0.25) is 0 Å². The summed E-state index contributed by atoms with van der Waals surface area (Å²) in [6, 6.07) is 14.3. The molecular weight excluding hydrogens is 298 g/mol. The molecule has 0 amide bonds. The van der Waals surface area contributed by atoms with E-state index < -0.39 is 0 Å². The van der Waals surface area contributed by atoms with E-state index in [0.717, 1.165) is 50.1 Å². The number of aryl methyl sites for hydroxylation is 1. The highest BCUT2D eigenvalue weighted by Gasteiger charge is 2.04. The molecule has 0 saturated heterocycles. The third kappa shape index (κ3) is 6.10. The fourth-order valence-electron chi connectivity index (χ4n) is 2.37. The van der Waals surface area contributed by atoms with Crippen molar-refractivity contribution in [1.29, 1.82) is 0 Å². The lowest BCUT2D eigenvalue weighted by Gasteiger charge is -2.18. The number of nitrogens with zero attached hydrogens (tertiary/aromatic N) is 3. The molecule has 5 heteroatoms. The molecule has 0 bridgehead atoms. The lowest BCUT2D eigenvalue weighted by Crippen LogP contribution is -2.32. The van der Waals surface area contributed by atoms with E-state index in [1.807, 2.05) is 29.4 Å². The Labute approximate surface area is 144 Å². The zero-order valence-corrected chi connectivity index (χ0v) is 14.2. The zero-order valence-electron chi connectivity index (χ0n) is 14.2. The number of hydrazone groups is 1. The highest BCUT2D eigenvalue weighted by molar-refractivity contribution is 5.79. The van der Waals surface area contributed by atoms with Gasteiger partial charge in [-0.3, -0.25) is 5.01 Å². The van der Waals surface area contributed by atoms with Crippen molar-refractivity contribution in [3.8, 4) is 0 Å². The van der Waals surface area contributed by atoms with Crippen molar-refractivity contribution in [2.75, 3.05) is 24.6 Å². The summed E-state index contributed by atoms with van der Waals surface area (Å²) in [6.07, 6.45) is 9.14. The van der Waals surface area contributed by atoms with Gasteiger partial charge in [0.25, 0.3) is 0 Å². The van der Waals surface area contributed by atoms with Crippen molar-refractivity contribution in [1.82, 2.24) is 0 Å². The van der Waals surface area contributed by atoms with Crippen LogP contribution in [0.25, 0.3) is 0 Å². The van der Waals surface area contributed by atoms with Crippen molar-refractivity contribution in [2.45, 2.75) is 25.8 Å². The summed E-state index contributed by atoms with van der Waals surface area (Å²) in [5.74, 6) is 0. The molecule has 0 aliphatic carbocycles. The number of hydrogen-bond acceptors (Lipinski definition) is 4. The van der Waals surface area contributed by atoms with Gasteiger partial charge < -0.3 is 11.5 Å². The Hall–Kier alpha value is -2.24. The smallest absolute Gasteiger partial charge is 0.169 e. The highest BCUT2D eigenvalue weighted by atomic mass is 15.4. The molecule has 1 aromatic heterocycles. The van der Waals surface area contributed by atoms with Gasteiger partial charge in [0.1, 0.15) is 6.54 Å². The van der Waals surface area contributed by atoms with Gasteiger partial charge in [-0.2, -0.15) is 5.10 Å². The number of aromatic nitrogens is 1. The third-order valence-corrected chi connectivity index (χ3v) is 3.76. The van der Waals surface area contributed by atoms with Crippen LogP contribution in [0.15, 0.2) is 60.0 Å². The quantitative estimate of drug-likeness (QED) is 0.303. The number of benzene rings is 1. The number of anilines is 1. The van der Waals surface area contributed by atoms with Crippen LogP contribution in [0.5, 0.6) is 0 Å². The zero-order chi connectivity index (χ0) is 17.0. The first-order valence-corrected chi connectivity index (χ1v) is 8.59. The van der Waals surface area contributed by atoms with Crippen molar-refractivity contribution in [3.63, 3.8) is 0 Å². The largest absolute Gasteiger partial charge is 0.330 e. The Bertz CT molecular complexity index is 595. The van der Waals surface area contributed by atoms with Gasteiger partial charge in [0.05, 0.1) is 11.9 Å². The van der Waals surface area contributed by atoms with E-state index in [2.05, 4.69) is 46.3 Å². The minimum atomic E-state index is 0.660. The molecule has 0 spiro atoms. The summed E-state index contributed by atoms with van der Waals surface area (Å²) in [7, 11) is 0. The van der Waals surface area contributed by atoms with E-state index in [4.69, 9.17) is 11.5 Å². The normalized spacial score (nSPS) is 11.1. The molecule has 2 aromatic rings. The molecule has 0 aliphatic rings. The summed E-state index contributed by atoms with van der Waals surface area (Å²) < 4.78 is 2.18. The van der Waals surface area contributed by atoms with Crippen LogP contribution < -0.4 is 21.0 Å². The van der Waals surface area contributed by atoms with E-state index >= 15 is 0 Å². The van der Waals surface area contributed by atoms with Crippen LogP contribution >= 0.6 is 0 Å². The van der Waals surface area contributed by atoms with Gasteiger partial charge in [0.15, 0.2) is 12.4 Å². The van der Waals surface area contributed by atoms with Gasteiger partial charge in [-0.05, 0) is 38.1 Å². The average Bonchev–Trinajstić information content (AvgIpc) is 2.64. The van der Waals surface area contributed by atoms with E-state index in [0.29, 0.717) is 6.54 Å². The number of para-hydroxylation sites is 1. The molecule has 0 saturated carbocycles. The van der Waals surface area contributed by atoms with Crippen molar-refractivity contribution < 1.29 is 4.57 Å². The lowest BCUT2D eigenvalue weighted by atomic mass is 10.2. The summed E-state index contributed by atoms with van der Waals surface area (Å²) in [4.78, 5) is 0. The van der Waals surface area contributed by atoms with Crippen LogP contribution in [0.3, 0.4) is 0 Å². The molecule has 0 radical (unpaired) electrons. The number of unbranched alkanes of at least 4 members (excludes halogenated alkanes) is 1. The standard InChI is InChI=1S/C19H28N5/c20-11-4-5-13-23-15-9-18(10-16-23)17-22-24(14-6-12-21)19-7-2-1-3-8-19/h1-3,7-10,15-17H,4-6,11-14,20-21H2/q+1. The van der Waals surface area contributed by atoms with Gasteiger partial charge in [0.2, 0.25) is 0 Å². The maximum Gasteiger partial charge on any atom is 0.169 e. The molecule has 0 fully saturated rings. The first-order chi connectivity index (χ1) is 11.8. The SMILES string of the molecule is NCCCC[n+]1ccc(/C=N/N(CCCN)c2ccccc2)cc1. The molecular formula is C19H28N5+. The van der Waals surface area contributed by atoms with E-state index in [1.54, 1.807) is 0 Å². The van der Waals surface area contributed by atoms with Crippen LogP contribution in [0.1, 0.15) is 24.8 Å². The molecule has 0 atom stereocenters. The molecule has 24 heavy (non-hydrogen) atoms. The van der Waals surface area contributed by atoms with Crippen molar-refractivity contribution in [2.24, 2.45) is 16.6 Å². The molecule has 1 aromatic carbocycles. The number of hydrogen-bond donors (Lipinski definition) is 2. The topological polar surface area (TPSA) is 71.5 Å². The second-order valence-electron chi connectivity index (χ2n) is 5.71. The van der Waals surface area contributed by atoms with Gasteiger partial charge in [0, 0.05) is 30.7 Å². The second kappa shape index (κ2) is 10.5. The second-order valence-corrected chi connectivity index (χ2v) is 5.71. The van der Waals surface area contributed by atoms with Crippen molar-refractivity contribution in [3.05, 3.63) is 60.4 Å². The third-order valence-electron chi connectivity index (χ3n) is 3.76. The Kier molecular flexibility index (Phi) is 7.93. The predicted octanol–water partition coefficient (Wildman–Crippen LogP) is 1.90. The van der Waals surface area contributed by atoms with Crippen LogP contribution in [0, 0.1) is 0 Å².